The molecule has 2 unspecified atom stereocenters. The lowest BCUT2D eigenvalue weighted by molar-refractivity contribution is -0.139. The van der Waals surface area contributed by atoms with E-state index in [4.69, 9.17) is 10.2 Å². The molecule has 0 saturated carbocycles. The quantitative estimate of drug-likeness (QED) is 0.468. The monoisotopic (exact) mass is 286 g/mol. The van der Waals surface area contributed by atoms with E-state index in [-0.39, 0.29) is 11.8 Å². The molecular formula is C14H26N2O4. The summed E-state index contributed by atoms with van der Waals surface area (Å²) >= 11 is 0. The van der Waals surface area contributed by atoms with E-state index >= 15 is 0 Å². The molecule has 3 N–H and O–H groups in total. The molecule has 2 atom stereocenters. The van der Waals surface area contributed by atoms with Crippen LogP contribution in [0.4, 0.5) is 0 Å². The molecule has 0 aliphatic heterocycles. The fourth-order valence-corrected chi connectivity index (χ4v) is 1.87. The van der Waals surface area contributed by atoms with Crippen molar-refractivity contribution in [2.75, 3.05) is 0 Å². The Labute approximate surface area is 120 Å². The van der Waals surface area contributed by atoms with Gasteiger partial charge in [0.1, 0.15) is 12.1 Å². The average molecular weight is 286 g/mol. The Kier molecular flexibility index (Phi) is 7.87. The maximum absolute atomic E-state index is 11.1. The molecule has 0 spiro atoms. The number of rotatable bonds is 8. The van der Waals surface area contributed by atoms with Crippen molar-refractivity contribution in [2.45, 2.75) is 59.5 Å². The predicted molar refractivity (Wildman–Crippen MR) is 78.0 cm³/mol. The topological polar surface area (TPSA) is 99.0 Å². The van der Waals surface area contributed by atoms with Crippen LogP contribution in [0.2, 0.25) is 0 Å². The number of aliphatic carboxylic acids is 2. The van der Waals surface area contributed by atoms with Crippen molar-refractivity contribution < 1.29 is 19.8 Å². The van der Waals surface area contributed by atoms with Gasteiger partial charge in [0.05, 0.1) is 5.84 Å². The highest BCUT2D eigenvalue weighted by Crippen LogP contribution is 2.09. The highest BCUT2D eigenvalue weighted by molar-refractivity contribution is 5.87. The molecule has 6 nitrogen and oxygen atoms in total. The first-order valence-electron chi connectivity index (χ1n) is 6.90. The van der Waals surface area contributed by atoms with Gasteiger partial charge < -0.3 is 15.5 Å². The second-order valence-electron chi connectivity index (χ2n) is 5.86. The second-order valence-corrected chi connectivity index (χ2v) is 5.86. The van der Waals surface area contributed by atoms with Crippen molar-refractivity contribution in [2.24, 2.45) is 16.8 Å². The van der Waals surface area contributed by atoms with Crippen LogP contribution >= 0.6 is 0 Å². The molecule has 0 fully saturated rings. The Morgan fingerprint density at radius 3 is 1.85 bits per heavy atom. The molecule has 0 aliphatic rings. The van der Waals surface area contributed by atoms with Gasteiger partial charge in [0.2, 0.25) is 0 Å². The van der Waals surface area contributed by atoms with Crippen LogP contribution in [0.3, 0.4) is 0 Å². The lowest BCUT2D eigenvalue weighted by Gasteiger charge is -2.18. The summed E-state index contributed by atoms with van der Waals surface area (Å²) in [6, 6.07) is -1.58. The second kappa shape index (κ2) is 8.55. The molecule has 6 heteroatoms. The SMILES string of the molecule is CC(=NC(CC(C)C)C(=O)O)NC(CC(C)C)C(=O)O. The molecule has 0 aromatic carbocycles. The van der Waals surface area contributed by atoms with Crippen molar-refractivity contribution in [3.05, 3.63) is 0 Å². The van der Waals surface area contributed by atoms with Crippen LogP contribution in [0.15, 0.2) is 4.99 Å². The summed E-state index contributed by atoms with van der Waals surface area (Å²) in [6.45, 7) is 9.32. The molecule has 0 saturated heterocycles. The van der Waals surface area contributed by atoms with Crippen LogP contribution in [0.25, 0.3) is 0 Å². The molecule has 20 heavy (non-hydrogen) atoms. The number of nitrogens with one attached hydrogen (secondary N) is 1. The third kappa shape index (κ3) is 7.76. The zero-order chi connectivity index (χ0) is 15.9. The van der Waals surface area contributed by atoms with E-state index in [0.29, 0.717) is 18.7 Å². The number of hydrogen-bond acceptors (Lipinski definition) is 3. The van der Waals surface area contributed by atoms with Gasteiger partial charge >= 0.3 is 11.9 Å². The fourth-order valence-electron chi connectivity index (χ4n) is 1.87. The molecule has 116 valence electrons. The number of carboxylic acids is 2. The smallest absolute Gasteiger partial charge is 0.328 e. The summed E-state index contributed by atoms with van der Waals surface area (Å²) in [5.41, 5.74) is 0. The summed E-state index contributed by atoms with van der Waals surface area (Å²) in [7, 11) is 0. The highest BCUT2D eigenvalue weighted by Gasteiger charge is 2.21. The van der Waals surface area contributed by atoms with Crippen LogP contribution in [0.1, 0.15) is 47.5 Å². The highest BCUT2D eigenvalue weighted by atomic mass is 16.4. The van der Waals surface area contributed by atoms with Crippen LogP contribution < -0.4 is 5.32 Å². The summed E-state index contributed by atoms with van der Waals surface area (Å²) < 4.78 is 0. The lowest BCUT2D eigenvalue weighted by atomic mass is 10.0. The molecule has 0 aliphatic carbocycles. The number of carbonyl (C=O) groups is 2. The minimum Gasteiger partial charge on any atom is -0.480 e. The van der Waals surface area contributed by atoms with E-state index in [1.165, 1.54) is 0 Å². The van der Waals surface area contributed by atoms with Gasteiger partial charge in [0.25, 0.3) is 0 Å². The number of nitrogens with zero attached hydrogens (tertiary/aromatic N) is 1. The Balaban J connectivity index is 4.82. The Morgan fingerprint density at radius 1 is 1.00 bits per heavy atom. The molecule has 0 heterocycles. The van der Waals surface area contributed by atoms with Crippen molar-refractivity contribution in [3.63, 3.8) is 0 Å². The van der Waals surface area contributed by atoms with Crippen LogP contribution in [0, 0.1) is 11.8 Å². The van der Waals surface area contributed by atoms with E-state index < -0.39 is 24.0 Å². The number of amidine groups is 1. The molecule has 0 radical (unpaired) electrons. The largest absolute Gasteiger partial charge is 0.480 e. The normalized spacial score (nSPS) is 15.2. The lowest BCUT2D eigenvalue weighted by Crippen LogP contribution is -2.41. The minimum absolute atomic E-state index is 0.207. The van der Waals surface area contributed by atoms with E-state index in [2.05, 4.69) is 10.3 Å². The van der Waals surface area contributed by atoms with Gasteiger partial charge in [-0.3, -0.25) is 4.99 Å². The fraction of sp³-hybridized carbons (Fsp3) is 0.786. The van der Waals surface area contributed by atoms with Gasteiger partial charge in [-0.25, -0.2) is 9.59 Å². The van der Waals surface area contributed by atoms with E-state index in [1.807, 2.05) is 27.7 Å². The number of aliphatic imine (C=N–C) groups is 1. The molecule has 0 amide bonds. The summed E-state index contributed by atoms with van der Waals surface area (Å²) in [5.74, 6) is -1.16. The third-order valence-corrected chi connectivity index (χ3v) is 2.72. The van der Waals surface area contributed by atoms with E-state index in [1.54, 1.807) is 6.92 Å². The van der Waals surface area contributed by atoms with Gasteiger partial charge in [-0.2, -0.15) is 0 Å². The van der Waals surface area contributed by atoms with Crippen molar-refractivity contribution in [3.8, 4) is 0 Å². The molecule has 0 aromatic rings. The summed E-state index contributed by atoms with van der Waals surface area (Å²) in [6.07, 6.45) is 0.889. The average Bonchev–Trinajstić information content (AvgIpc) is 2.25. The summed E-state index contributed by atoms with van der Waals surface area (Å²) in [4.78, 5) is 26.3. The Bertz CT molecular complexity index is 364. The Hall–Kier alpha value is -1.59. The first kappa shape index (κ1) is 18.4. The maximum atomic E-state index is 11.1. The molecule has 0 bridgehead atoms. The Morgan fingerprint density at radius 2 is 1.50 bits per heavy atom. The standard InChI is InChI=1S/C14H26N2O4/c1-8(2)6-11(13(17)18)15-10(5)16-12(14(19)20)7-9(3)4/h8-9,11-12H,6-7H2,1-5H3,(H,15,16)(H,17,18)(H,19,20). The number of carboxylic acid groups (broad SMARTS) is 2. The van der Waals surface area contributed by atoms with Gasteiger partial charge in [-0.1, -0.05) is 27.7 Å². The van der Waals surface area contributed by atoms with Crippen molar-refractivity contribution in [1.29, 1.82) is 0 Å². The van der Waals surface area contributed by atoms with Gasteiger partial charge in [0, 0.05) is 0 Å². The minimum atomic E-state index is -0.990. The van der Waals surface area contributed by atoms with Crippen molar-refractivity contribution >= 4 is 17.8 Å². The van der Waals surface area contributed by atoms with Crippen molar-refractivity contribution in [1.82, 2.24) is 5.32 Å². The first-order valence-corrected chi connectivity index (χ1v) is 6.90. The zero-order valence-corrected chi connectivity index (χ0v) is 12.9. The number of hydrogen-bond donors (Lipinski definition) is 3. The molecule has 0 rings (SSSR count). The molecular weight excluding hydrogens is 260 g/mol. The maximum Gasteiger partial charge on any atom is 0.328 e. The van der Waals surface area contributed by atoms with Gasteiger partial charge in [-0.15, -0.1) is 0 Å². The van der Waals surface area contributed by atoms with E-state index in [0.717, 1.165) is 0 Å². The third-order valence-electron chi connectivity index (χ3n) is 2.72. The predicted octanol–water partition coefficient (Wildman–Crippen LogP) is 1.99. The summed E-state index contributed by atoms with van der Waals surface area (Å²) in [5, 5.41) is 21.0. The van der Waals surface area contributed by atoms with E-state index in [9.17, 15) is 9.59 Å². The van der Waals surface area contributed by atoms with Crippen LogP contribution in [-0.2, 0) is 9.59 Å². The van der Waals surface area contributed by atoms with Crippen LogP contribution in [-0.4, -0.2) is 40.1 Å². The first-order chi connectivity index (χ1) is 9.13. The van der Waals surface area contributed by atoms with Gasteiger partial charge in [-0.05, 0) is 31.6 Å². The van der Waals surface area contributed by atoms with Crippen LogP contribution in [0.5, 0.6) is 0 Å². The van der Waals surface area contributed by atoms with Gasteiger partial charge in [0.15, 0.2) is 0 Å². The molecule has 0 aromatic heterocycles. The zero-order valence-electron chi connectivity index (χ0n) is 12.9.